The number of carbonyl (C=O) groups is 3. The lowest BCUT2D eigenvalue weighted by molar-refractivity contribution is -0.132. The van der Waals surface area contributed by atoms with Crippen molar-refractivity contribution < 1.29 is 23.9 Å². The van der Waals surface area contributed by atoms with Gasteiger partial charge >= 0.3 is 0 Å². The minimum atomic E-state index is -0.934. The summed E-state index contributed by atoms with van der Waals surface area (Å²) >= 11 is 0. The second-order valence-electron chi connectivity index (χ2n) is 7.73. The number of Topliss-reactive ketones (excluding diaryl/α,β-unsaturated/α-hetero) is 1. The maximum absolute atomic E-state index is 13.1. The fraction of sp³-hybridized carbons (Fsp3) is 0.160. The molecular weight excluding hydrogens is 408 g/mol. The van der Waals surface area contributed by atoms with Crippen LogP contribution < -0.4 is 10.2 Å². The first kappa shape index (κ1) is 21.1. The van der Waals surface area contributed by atoms with Crippen LogP contribution in [-0.2, 0) is 14.4 Å². The zero-order valence-corrected chi connectivity index (χ0v) is 17.9. The Morgan fingerprint density at radius 3 is 2.41 bits per heavy atom. The summed E-state index contributed by atoms with van der Waals surface area (Å²) in [6, 6.07) is 14.5. The molecular formula is C25H22N2O5. The van der Waals surface area contributed by atoms with E-state index in [0.717, 1.165) is 11.1 Å². The van der Waals surface area contributed by atoms with E-state index < -0.39 is 17.7 Å². The van der Waals surface area contributed by atoms with E-state index in [1.807, 2.05) is 26.0 Å². The minimum Gasteiger partial charge on any atom is -0.507 e. The second-order valence-corrected chi connectivity index (χ2v) is 7.73. The van der Waals surface area contributed by atoms with Crippen LogP contribution in [0.15, 0.2) is 70.9 Å². The van der Waals surface area contributed by atoms with Crippen LogP contribution in [0.2, 0.25) is 0 Å². The van der Waals surface area contributed by atoms with Gasteiger partial charge in [-0.05, 0) is 61.9 Å². The van der Waals surface area contributed by atoms with Gasteiger partial charge in [0, 0.05) is 23.9 Å². The van der Waals surface area contributed by atoms with E-state index in [1.165, 1.54) is 18.1 Å². The SMILES string of the molecule is CC(=O)Nc1ccc(N2C(=O)C(=O)/C(=C(\O)c3cc(C)ccc3C)C2c2ccco2)cc1. The first-order chi connectivity index (χ1) is 15.3. The van der Waals surface area contributed by atoms with Crippen molar-refractivity contribution in [1.82, 2.24) is 0 Å². The summed E-state index contributed by atoms with van der Waals surface area (Å²) in [5, 5.41) is 13.8. The van der Waals surface area contributed by atoms with Crippen molar-refractivity contribution in [1.29, 1.82) is 0 Å². The number of aliphatic hydroxyl groups is 1. The lowest BCUT2D eigenvalue weighted by Gasteiger charge is -2.23. The largest absolute Gasteiger partial charge is 0.507 e. The van der Waals surface area contributed by atoms with Gasteiger partial charge in [-0.15, -0.1) is 0 Å². The van der Waals surface area contributed by atoms with Crippen LogP contribution in [0.1, 0.15) is 35.4 Å². The molecule has 0 bridgehead atoms. The maximum atomic E-state index is 13.1. The number of rotatable bonds is 4. The Labute approximate surface area is 185 Å². The van der Waals surface area contributed by atoms with Crippen LogP contribution in [-0.4, -0.2) is 22.7 Å². The molecule has 1 unspecified atom stereocenters. The first-order valence-electron chi connectivity index (χ1n) is 10.1. The lowest BCUT2D eigenvalue weighted by atomic mass is 9.96. The third-order valence-electron chi connectivity index (χ3n) is 5.37. The molecule has 7 nitrogen and oxygen atoms in total. The summed E-state index contributed by atoms with van der Waals surface area (Å²) in [4.78, 5) is 38.8. The van der Waals surface area contributed by atoms with Crippen molar-refractivity contribution in [3.8, 4) is 0 Å². The summed E-state index contributed by atoms with van der Waals surface area (Å²) in [5.74, 6) is -1.69. The molecule has 7 heteroatoms. The third-order valence-corrected chi connectivity index (χ3v) is 5.37. The number of aliphatic hydroxyl groups excluding tert-OH is 1. The Hall–Kier alpha value is -4.13. The number of ketones is 1. The molecule has 2 heterocycles. The van der Waals surface area contributed by atoms with Crippen LogP contribution in [0.25, 0.3) is 5.76 Å². The van der Waals surface area contributed by atoms with E-state index >= 15 is 0 Å². The number of hydrogen-bond acceptors (Lipinski definition) is 5. The molecule has 4 rings (SSSR count). The number of carbonyl (C=O) groups excluding carboxylic acids is 3. The lowest BCUT2D eigenvalue weighted by Crippen LogP contribution is -2.29. The Bertz CT molecular complexity index is 1240. The predicted molar refractivity (Wildman–Crippen MR) is 120 cm³/mol. The molecule has 0 radical (unpaired) electrons. The van der Waals surface area contributed by atoms with E-state index in [9.17, 15) is 19.5 Å². The predicted octanol–water partition coefficient (Wildman–Crippen LogP) is 4.48. The molecule has 2 amide bonds. The highest BCUT2D eigenvalue weighted by atomic mass is 16.3. The van der Waals surface area contributed by atoms with Gasteiger partial charge in [0.25, 0.3) is 11.7 Å². The van der Waals surface area contributed by atoms with Crippen molar-refractivity contribution in [3.05, 3.63) is 88.9 Å². The third kappa shape index (κ3) is 3.69. The fourth-order valence-electron chi connectivity index (χ4n) is 3.86. The Kier molecular flexibility index (Phi) is 5.40. The number of hydrogen-bond donors (Lipinski definition) is 2. The molecule has 1 saturated heterocycles. The van der Waals surface area contributed by atoms with Crippen LogP contribution in [0, 0.1) is 13.8 Å². The topological polar surface area (TPSA) is 99.9 Å². The van der Waals surface area contributed by atoms with Gasteiger partial charge in [0.2, 0.25) is 5.91 Å². The smallest absolute Gasteiger partial charge is 0.300 e. The summed E-state index contributed by atoms with van der Waals surface area (Å²) in [5.41, 5.74) is 3.13. The molecule has 0 saturated carbocycles. The van der Waals surface area contributed by atoms with Crippen LogP contribution >= 0.6 is 0 Å². The molecule has 0 aliphatic carbocycles. The molecule has 1 aromatic heterocycles. The Balaban J connectivity index is 1.87. The standard InChI is InChI=1S/C25H22N2O5/c1-14-6-7-15(2)19(13-14)23(29)21-22(20-5-4-12-32-20)27(25(31)24(21)30)18-10-8-17(9-11-18)26-16(3)28/h4-13,22,29H,1-3H3,(H,26,28)/b23-21-. The zero-order valence-electron chi connectivity index (χ0n) is 17.9. The van der Waals surface area contributed by atoms with Crippen molar-refractivity contribution in [3.63, 3.8) is 0 Å². The van der Waals surface area contributed by atoms with Crippen LogP contribution in [0.3, 0.4) is 0 Å². The highest BCUT2D eigenvalue weighted by molar-refractivity contribution is 6.51. The number of benzene rings is 2. The highest BCUT2D eigenvalue weighted by Gasteiger charge is 2.48. The molecule has 1 aliphatic rings. The van der Waals surface area contributed by atoms with Gasteiger partial charge in [0.1, 0.15) is 17.6 Å². The number of furan rings is 1. The highest BCUT2D eigenvalue weighted by Crippen LogP contribution is 2.42. The van der Waals surface area contributed by atoms with Crippen molar-refractivity contribution in [2.45, 2.75) is 26.8 Å². The first-order valence-corrected chi connectivity index (χ1v) is 10.1. The van der Waals surface area contributed by atoms with Crippen LogP contribution in [0.5, 0.6) is 0 Å². The monoisotopic (exact) mass is 430 g/mol. The van der Waals surface area contributed by atoms with Crippen molar-refractivity contribution in [2.24, 2.45) is 0 Å². The normalized spacial score (nSPS) is 17.6. The van der Waals surface area contributed by atoms with Gasteiger partial charge in [-0.2, -0.15) is 0 Å². The summed E-state index contributed by atoms with van der Waals surface area (Å²) in [7, 11) is 0. The molecule has 162 valence electrons. The van der Waals surface area contributed by atoms with E-state index in [1.54, 1.807) is 42.5 Å². The summed E-state index contributed by atoms with van der Waals surface area (Å²) in [6.45, 7) is 5.11. The average molecular weight is 430 g/mol. The molecule has 2 aromatic carbocycles. The molecule has 0 spiro atoms. The summed E-state index contributed by atoms with van der Waals surface area (Å²) < 4.78 is 5.56. The van der Waals surface area contributed by atoms with E-state index in [4.69, 9.17) is 4.42 Å². The van der Waals surface area contributed by atoms with E-state index in [-0.39, 0.29) is 17.2 Å². The van der Waals surface area contributed by atoms with E-state index in [0.29, 0.717) is 22.7 Å². The van der Waals surface area contributed by atoms with Gasteiger partial charge in [-0.25, -0.2) is 0 Å². The Morgan fingerprint density at radius 1 is 1.06 bits per heavy atom. The van der Waals surface area contributed by atoms with Gasteiger partial charge in [-0.3, -0.25) is 19.3 Å². The second kappa shape index (κ2) is 8.19. The van der Waals surface area contributed by atoms with Gasteiger partial charge in [-0.1, -0.05) is 17.7 Å². The van der Waals surface area contributed by atoms with E-state index in [2.05, 4.69) is 5.32 Å². The molecule has 1 aliphatic heterocycles. The maximum Gasteiger partial charge on any atom is 0.300 e. The summed E-state index contributed by atoms with van der Waals surface area (Å²) in [6.07, 6.45) is 1.45. The van der Waals surface area contributed by atoms with Gasteiger partial charge in [0.05, 0.1) is 11.8 Å². The molecule has 32 heavy (non-hydrogen) atoms. The average Bonchev–Trinajstić information content (AvgIpc) is 3.37. The number of amides is 2. The van der Waals surface area contributed by atoms with Crippen LogP contribution in [0.4, 0.5) is 11.4 Å². The van der Waals surface area contributed by atoms with Gasteiger partial charge in [0.15, 0.2) is 0 Å². The molecule has 3 aromatic rings. The number of anilines is 2. The molecule has 1 fully saturated rings. The quantitative estimate of drug-likeness (QED) is 0.361. The zero-order chi connectivity index (χ0) is 23.0. The van der Waals surface area contributed by atoms with Gasteiger partial charge < -0.3 is 14.8 Å². The molecule has 2 N–H and O–H groups in total. The Morgan fingerprint density at radius 2 is 1.78 bits per heavy atom. The van der Waals surface area contributed by atoms with Crippen molar-refractivity contribution in [2.75, 3.05) is 10.2 Å². The number of nitrogens with one attached hydrogen (secondary N) is 1. The number of aryl methyl sites for hydroxylation is 2. The fourth-order valence-corrected chi connectivity index (χ4v) is 3.86. The number of nitrogens with zero attached hydrogens (tertiary/aromatic N) is 1. The van der Waals surface area contributed by atoms with Crippen molar-refractivity contribution >= 4 is 34.7 Å². The molecule has 1 atom stereocenters. The minimum absolute atomic E-state index is 0.0374.